The maximum absolute atomic E-state index is 5.69. The quantitative estimate of drug-likeness (QED) is 0.692. The zero-order chi connectivity index (χ0) is 8.60. The van der Waals surface area contributed by atoms with E-state index in [-0.39, 0.29) is 0 Å². The number of nitrogens with zero attached hydrogens (tertiary/aromatic N) is 3. The Morgan fingerprint density at radius 1 is 1.67 bits per heavy atom. The molecule has 0 amide bonds. The molecule has 0 bridgehead atoms. The van der Waals surface area contributed by atoms with Crippen molar-refractivity contribution >= 4 is 0 Å². The molecule has 1 saturated carbocycles. The lowest BCUT2D eigenvalue weighted by Crippen LogP contribution is -2.19. The summed E-state index contributed by atoms with van der Waals surface area (Å²) in [4.78, 5) is 0. The molecule has 1 fully saturated rings. The number of nitrogens with two attached hydrogens (primary N) is 1. The Morgan fingerprint density at radius 2 is 2.42 bits per heavy atom. The van der Waals surface area contributed by atoms with Gasteiger partial charge in [0, 0.05) is 7.05 Å². The average molecular weight is 166 g/mol. The Hall–Kier alpha value is -0.900. The van der Waals surface area contributed by atoms with Crippen LogP contribution in [0.15, 0.2) is 6.20 Å². The van der Waals surface area contributed by atoms with Gasteiger partial charge in [-0.1, -0.05) is 5.21 Å². The molecule has 0 saturated heterocycles. The van der Waals surface area contributed by atoms with Crippen LogP contribution in [-0.4, -0.2) is 21.5 Å². The zero-order valence-corrected chi connectivity index (χ0v) is 7.32. The van der Waals surface area contributed by atoms with E-state index in [1.54, 1.807) is 0 Å². The van der Waals surface area contributed by atoms with Crippen LogP contribution in [0.4, 0.5) is 0 Å². The highest BCUT2D eigenvalue weighted by Crippen LogP contribution is 2.46. The summed E-state index contributed by atoms with van der Waals surface area (Å²) in [5, 5.41) is 7.73. The first kappa shape index (κ1) is 7.73. The van der Waals surface area contributed by atoms with Crippen LogP contribution in [0.5, 0.6) is 0 Å². The summed E-state index contributed by atoms with van der Waals surface area (Å²) in [6.07, 6.45) is 5.38. The normalized spacial score (nSPS) is 19.5. The second kappa shape index (κ2) is 2.55. The average Bonchev–Trinajstić information content (AvgIpc) is 2.74. The number of hydrogen-bond donors (Lipinski definition) is 1. The molecule has 12 heavy (non-hydrogen) atoms. The van der Waals surface area contributed by atoms with E-state index in [9.17, 15) is 0 Å². The molecule has 1 aliphatic carbocycles. The smallest absolute Gasteiger partial charge is 0.0725 e. The predicted octanol–water partition coefficient (Wildman–Crippen LogP) is 0.0965. The lowest BCUT2D eigenvalue weighted by Gasteiger charge is -2.10. The summed E-state index contributed by atoms with van der Waals surface area (Å²) in [6, 6.07) is 0. The molecular weight excluding hydrogens is 152 g/mol. The largest absolute Gasteiger partial charge is 0.330 e. The van der Waals surface area contributed by atoms with Crippen LogP contribution in [0.3, 0.4) is 0 Å². The van der Waals surface area contributed by atoms with Crippen molar-refractivity contribution < 1.29 is 0 Å². The van der Waals surface area contributed by atoms with Gasteiger partial charge in [-0.2, -0.15) is 0 Å². The molecule has 0 radical (unpaired) electrons. The van der Waals surface area contributed by atoms with Crippen LogP contribution in [0.25, 0.3) is 0 Å². The summed E-state index contributed by atoms with van der Waals surface area (Å²) < 4.78 is 1.83. The van der Waals surface area contributed by atoms with Gasteiger partial charge in [0.25, 0.3) is 0 Å². The van der Waals surface area contributed by atoms with Crippen molar-refractivity contribution in [1.82, 2.24) is 15.0 Å². The van der Waals surface area contributed by atoms with Gasteiger partial charge in [-0.05, 0) is 31.2 Å². The SMILES string of the molecule is Cn1nncc1CC1(CN)CC1. The van der Waals surface area contributed by atoms with Crippen LogP contribution in [-0.2, 0) is 13.5 Å². The van der Waals surface area contributed by atoms with Gasteiger partial charge in [0.2, 0.25) is 0 Å². The van der Waals surface area contributed by atoms with E-state index in [1.165, 1.54) is 18.5 Å². The first-order valence-corrected chi connectivity index (χ1v) is 4.29. The minimum Gasteiger partial charge on any atom is -0.330 e. The van der Waals surface area contributed by atoms with Crippen molar-refractivity contribution in [1.29, 1.82) is 0 Å². The molecule has 1 aromatic rings. The van der Waals surface area contributed by atoms with Crippen molar-refractivity contribution in [3.63, 3.8) is 0 Å². The number of aryl methyl sites for hydroxylation is 1. The van der Waals surface area contributed by atoms with Crippen LogP contribution in [0.2, 0.25) is 0 Å². The fraction of sp³-hybridized carbons (Fsp3) is 0.750. The summed E-state index contributed by atoms with van der Waals surface area (Å²) >= 11 is 0. The summed E-state index contributed by atoms with van der Waals surface area (Å²) in [6.45, 7) is 0.790. The Bertz CT molecular complexity index is 274. The minimum atomic E-state index is 0.384. The third-order valence-corrected chi connectivity index (χ3v) is 2.75. The molecule has 0 aromatic carbocycles. The highest BCUT2D eigenvalue weighted by molar-refractivity contribution is 5.06. The Kier molecular flexibility index (Phi) is 1.65. The van der Waals surface area contributed by atoms with Crippen molar-refractivity contribution in [3.8, 4) is 0 Å². The van der Waals surface area contributed by atoms with Crippen molar-refractivity contribution in [3.05, 3.63) is 11.9 Å². The molecule has 1 aromatic heterocycles. The van der Waals surface area contributed by atoms with Gasteiger partial charge in [0.05, 0.1) is 11.9 Å². The number of rotatable bonds is 3. The summed E-state index contributed by atoms with van der Waals surface area (Å²) in [5.41, 5.74) is 7.26. The van der Waals surface area contributed by atoms with Gasteiger partial charge >= 0.3 is 0 Å². The van der Waals surface area contributed by atoms with E-state index in [4.69, 9.17) is 5.73 Å². The third-order valence-electron chi connectivity index (χ3n) is 2.75. The molecule has 4 nitrogen and oxygen atoms in total. The standard InChI is InChI=1S/C8H14N4/c1-12-7(5-10-11-12)4-8(6-9)2-3-8/h5H,2-4,6,9H2,1H3. The van der Waals surface area contributed by atoms with Gasteiger partial charge < -0.3 is 5.73 Å². The molecule has 2 N–H and O–H groups in total. The first-order valence-electron chi connectivity index (χ1n) is 4.29. The molecule has 4 heteroatoms. The highest BCUT2D eigenvalue weighted by atomic mass is 15.4. The van der Waals surface area contributed by atoms with Crippen LogP contribution < -0.4 is 5.73 Å². The molecule has 0 unspecified atom stereocenters. The molecule has 1 heterocycles. The molecular formula is C8H14N4. The topological polar surface area (TPSA) is 56.7 Å². The third kappa shape index (κ3) is 1.22. The van der Waals surface area contributed by atoms with Crippen molar-refractivity contribution in [2.24, 2.45) is 18.2 Å². The fourth-order valence-electron chi connectivity index (χ4n) is 1.49. The Balaban J connectivity index is 2.08. The summed E-state index contributed by atoms with van der Waals surface area (Å²) in [7, 11) is 1.93. The van der Waals surface area contributed by atoms with E-state index >= 15 is 0 Å². The Labute approximate surface area is 71.8 Å². The Morgan fingerprint density at radius 3 is 2.83 bits per heavy atom. The van der Waals surface area contributed by atoms with Gasteiger partial charge in [0.1, 0.15) is 0 Å². The highest BCUT2D eigenvalue weighted by Gasteiger charge is 2.41. The van der Waals surface area contributed by atoms with E-state index in [1.807, 2.05) is 17.9 Å². The lowest BCUT2D eigenvalue weighted by atomic mass is 10.0. The van der Waals surface area contributed by atoms with Gasteiger partial charge in [0.15, 0.2) is 0 Å². The lowest BCUT2D eigenvalue weighted by molar-refractivity contribution is 0.497. The van der Waals surface area contributed by atoms with Gasteiger partial charge in [-0.3, -0.25) is 4.68 Å². The number of aromatic nitrogens is 3. The second-order valence-electron chi connectivity index (χ2n) is 3.73. The predicted molar refractivity (Wildman–Crippen MR) is 45.4 cm³/mol. The van der Waals surface area contributed by atoms with Crippen LogP contribution in [0, 0.1) is 5.41 Å². The molecule has 1 aliphatic rings. The monoisotopic (exact) mass is 166 g/mol. The van der Waals surface area contributed by atoms with E-state index in [0.717, 1.165) is 13.0 Å². The van der Waals surface area contributed by atoms with Crippen molar-refractivity contribution in [2.45, 2.75) is 19.3 Å². The molecule has 0 spiro atoms. The molecule has 0 atom stereocenters. The van der Waals surface area contributed by atoms with Crippen LogP contribution in [0.1, 0.15) is 18.5 Å². The van der Waals surface area contributed by atoms with Crippen LogP contribution >= 0.6 is 0 Å². The summed E-state index contributed by atoms with van der Waals surface area (Å²) in [5.74, 6) is 0. The van der Waals surface area contributed by atoms with Gasteiger partial charge in [-0.25, -0.2) is 0 Å². The van der Waals surface area contributed by atoms with Crippen molar-refractivity contribution in [2.75, 3.05) is 6.54 Å². The van der Waals surface area contributed by atoms with E-state index < -0.39 is 0 Å². The maximum atomic E-state index is 5.69. The minimum absolute atomic E-state index is 0.384. The molecule has 0 aliphatic heterocycles. The zero-order valence-electron chi connectivity index (χ0n) is 7.32. The fourth-order valence-corrected chi connectivity index (χ4v) is 1.49. The van der Waals surface area contributed by atoms with Gasteiger partial charge in [-0.15, -0.1) is 5.10 Å². The first-order chi connectivity index (χ1) is 5.76. The molecule has 66 valence electrons. The number of hydrogen-bond acceptors (Lipinski definition) is 3. The molecule has 2 rings (SSSR count). The second-order valence-corrected chi connectivity index (χ2v) is 3.73. The van der Waals surface area contributed by atoms with E-state index in [2.05, 4.69) is 10.3 Å². The maximum Gasteiger partial charge on any atom is 0.0725 e. The van der Waals surface area contributed by atoms with E-state index in [0.29, 0.717) is 5.41 Å².